The number of halogens is 1. The number of rotatable bonds is 6. The fourth-order valence-electron chi connectivity index (χ4n) is 3.43. The lowest BCUT2D eigenvalue weighted by Crippen LogP contribution is -2.33. The van der Waals surface area contributed by atoms with E-state index < -0.39 is 0 Å². The molecular formula is C18H27FN2. The summed E-state index contributed by atoms with van der Waals surface area (Å²) in [6.45, 7) is 7.27. The number of hydrogen-bond acceptors (Lipinski definition) is 2. The van der Waals surface area contributed by atoms with Crippen molar-refractivity contribution in [2.75, 3.05) is 6.54 Å². The van der Waals surface area contributed by atoms with E-state index in [1.807, 2.05) is 6.07 Å². The van der Waals surface area contributed by atoms with Crippen LogP contribution in [-0.4, -0.2) is 23.5 Å². The van der Waals surface area contributed by atoms with Crippen molar-refractivity contribution >= 4 is 0 Å². The van der Waals surface area contributed by atoms with Crippen LogP contribution in [0.15, 0.2) is 18.2 Å². The van der Waals surface area contributed by atoms with Crippen LogP contribution in [0.25, 0.3) is 0 Å². The molecule has 116 valence electrons. The highest BCUT2D eigenvalue weighted by molar-refractivity contribution is 5.25. The Kier molecular flexibility index (Phi) is 4.60. The van der Waals surface area contributed by atoms with Crippen LogP contribution in [0.3, 0.4) is 0 Å². The van der Waals surface area contributed by atoms with Crippen molar-refractivity contribution in [3.8, 4) is 0 Å². The maximum atomic E-state index is 14.1. The Balaban J connectivity index is 1.66. The van der Waals surface area contributed by atoms with E-state index >= 15 is 0 Å². The summed E-state index contributed by atoms with van der Waals surface area (Å²) in [6, 6.07) is 6.91. The molecule has 2 nitrogen and oxygen atoms in total. The molecular weight excluding hydrogens is 263 g/mol. The summed E-state index contributed by atoms with van der Waals surface area (Å²) < 4.78 is 14.1. The Morgan fingerprint density at radius 3 is 2.81 bits per heavy atom. The molecule has 0 radical (unpaired) electrons. The standard InChI is InChI=1S/C18H27FN2/c1-13(2)18-4-3-9-21(18)12-15-10-14(5-8-17(15)19)11-20-16-6-7-16/h5,8,10,13,16,18,20H,3-4,6-7,9,11-12H2,1-2H3. The van der Waals surface area contributed by atoms with Gasteiger partial charge < -0.3 is 5.32 Å². The quantitative estimate of drug-likeness (QED) is 0.859. The first-order valence-electron chi connectivity index (χ1n) is 8.38. The van der Waals surface area contributed by atoms with Crippen LogP contribution in [0.5, 0.6) is 0 Å². The third kappa shape index (κ3) is 3.83. The molecule has 21 heavy (non-hydrogen) atoms. The van der Waals surface area contributed by atoms with Gasteiger partial charge in [-0.05, 0) is 49.8 Å². The number of benzene rings is 1. The number of hydrogen-bond donors (Lipinski definition) is 1. The monoisotopic (exact) mass is 290 g/mol. The van der Waals surface area contributed by atoms with Gasteiger partial charge in [-0.2, -0.15) is 0 Å². The van der Waals surface area contributed by atoms with Crippen molar-refractivity contribution in [3.05, 3.63) is 35.1 Å². The Morgan fingerprint density at radius 2 is 2.10 bits per heavy atom. The molecule has 1 aromatic carbocycles. The average Bonchev–Trinajstić information content (AvgIpc) is 3.17. The third-order valence-corrected chi connectivity index (χ3v) is 4.84. The highest BCUT2D eigenvalue weighted by atomic mass is 19.1. The number of likely N-dealkylation sites (tertiary alicyclic amines) is 1. The molecule has 1 heterocycles. The average molecular weight is 290 g/mol. The van der Waals surface area contributed by atoms with Crippen LogP contribution in [0.1, 0.15) is 50.7 Å². The fraction of sp³-hybridized carbons (Fsp3) is 0.667. The third-order valence-electron chi connectivity index (χ3n) is 4.84. The van der Waals surface area contributed by atoms with E-state index in [1.54, 1.807) is 6.07 Å². The van der Waals surface area contributed by atoms with E-state index in [9.17, 15) is 4.39 Å². The second kappa shape index (κ2) is 6.45. The molecule has 1 atom stereocenters. The smallest absolute Gasteiger partial charge is 0.127 e. The van der Waals surface area contributed by atoms with Crippen molar-refractivity contribution in [3.63, 3.8) is 0 Å². The van der Waals surface area contributed by atoms with Crippen molar-refractivity contribution in [2.24, 2.45) is 5.92 Å². The zero-order chi connectivity index (χ0) is 14.8. The predicted octanol–water partition coefficient (Wildman–Crippen LogP) is 3.70. The summed E-state index contributed by atoms with van der Waals surface area (Å²) in [6.07, 6.45) is 5.07. The molecule has 1 aromatic rings. The highest BCUT2D eigenvalue weighted by Gasteiger charge is 2.27. The minimum atomic E-state index is -0.0559. The molecule has 1 aliphatic carbocycles. The van der Waals surface area contributed by atoms with Crippen LogP contribution in [-0.2, 0) is 13.1 Å². The maximum absolute atomic E-state index is 14.1. The summed E-state index contributed by atoms with van der Waals surface area (Å²) in [5, 5.41) is 3.50. The van der Waals surface area contributed by atoms with Gasteiger partial charge in [0.15, 0.2) is 0 Å². The molecule has 0 bridgehead atoms. The zero-order valence-corrected chi connectivity index (χ0v) is 13.2. The minimum Gasteiger partial charge on any atom is -0.310 e. The van der Waals surface area contributed by atoms with Crippen LogP contribution in [0.4, 0.5) is 4.39 Å². The second-order valence-corrected chi connectivity index (χ2v) is 7.01. The van der Waals surface area contributed by atoms with E-state index in [-0.39, 0.29) is 5.82 Å². The predicted molar refractivity (Wildman–Crippen MR) is 84.5 cm³/mol. The Labute approximate surface area is 127 Å². The van der Waals surface area contributed by atoms with Crippen LogP contribution < -0.4 is 5.32 Å². The molecule has 1 saturated heterocycles. The van der Waals surface area contributed by atoms with Gasteiger partial charge in [0.05, 0.1) is 0 Å². The second-order valence-electron chi connectivity index (χ2n) is 7.01. The Bertz CT molecular complexity index is 482. The Morgan fingerprint density at radius 1 is 1.29 bits per heavy atom. The normalized spacial score (nSPS) is 23.1. The fourth-order valence-corrected chi connectivity index (χ4v) is 3.43. The van der Waals surface area contributed by atoms with E-state index in [0.717, 1.165) is 25.2 Å². The lowest BCUT2D eigenvalue weighted by molar-refractivity contribution is 0.196. The van der Waals surface area contributed by atoms with Crippen LogP contribution >= 0.6 is 0 Å². The van der Waals surface area contributed by atoms with Crippen molar-refractivity contribution in [2.45, 2.75) is 64.7 Å². The first-order chi connectivity index (χ1) is 10.1. The minimum absolute atomic E-state index is 0.0559. The molecule has 0 aromatic heterocycles. The molecule has 0 spiro atoms. The summed E-state index contributed by atoms with van der Waals surface area (Å²) >= 11 is 0. The van der Waals surface area contributed by atoms with Gasteiger partial charge in [0.2, 0.25) is 0 Å². The van der Waals surface area contributed by atoms with Gasteiger partial charge >= 0.3 is 0 Å². The first kappa shape index (κ1) is 15.0. The summed E-state index contributed by atoms with van der Waals surface area (Å²) in [7, 11) is 0. The lowest BCUT2D eigenvalue weighted by atomic mass is 10.0. The van der Waals surface area contributed by atoms with Gasteiger partial charge in [0, 0.05) is 30.7 Å². The van der Waals surface area contributed by atoms with Gasteiger partial charge in [-0.15, -0.1) is 0 Å². The van der Waals surface area contributed by atoms with Crippen molar-refractivity contribution in [1.82, 2.24) is 10.2 Å². The summed E-state index contributed by atoms with van der Waals surface area (Å²) in [4.78, 5) is 2.46. The molecule has 1 aliphatic heterocycles. The lowest BCUT2D eigenvalue weighted by Gasteiger charge is -2.27. The topological polar surface area (TPSA) is 15.3 Å². The van der Waals surface area contributed by atoms with Gasteiger partial charge in [0.1, 0.15) is 5.82 Å². The molecule has 2 aliphatic rings. The van der Waals surface area contributed by atoms with Gasteiger partial charge in [-0.3, -0.25) is 4.90 Å². The van der Waals surface area contributed by atoms with E-state index in [2.05, 4.69) is 30.1 Å². The van der Waals surface area contributed by atoms with E-state index in [0.29, 0.717) is 18.0 Å². The van der Waals surface area contributed by atoms with Crippen molar-refractivity contribution in [1.29, 1.82) is 0 Å². The molecule has 2 fully saturated rings. The van der Waals surface area contributed by atoms with Crippen LogP contribution in [0.2, 0.25) is 0 Å². The number of nitrogens with one attached hydrogen (secondary N) is 1. The van der Waals surface area contributed by atoms with Crippen LogP contribution in [0, 0.1) is 11.7 Å². The molecule has 1 N–H and O–H groups in total. The summed E-state index contributed by atoms with van der Waals surface area (Å²) in [5.41, 5.74) is 2.07. The molecule has 3 heteroatoms. The van der Waals surface area contributed by atoms with Gasteiger partial charge in [-0.25, -0.2) is 4.39 Å². The molecule has 3 rings (SSSR count). The molecule has 1 unspecified atom stereocenters. The first-order valence-corrected chi connectivity index (χ1v) is 8.38. The number of nitrogens with zero attached hydrogens (tertiary/aromatic N) is 1. The molecule has 0 amide bonds. The van der Waals surface area contributed by atoms with Gasteiger partial charge in [0.25, 0.3) is 0 Å². The molecule has 1 saturated carbocycles. The van der Waals surface area contributed by atoms with E-state index in [1.165, 1.54) is 31.2 Å². The van der Waals surface area contributed by atoms with Gasteiger partial charge in [-0.1, -0.05) is 26.0 Å². The highest BCUT2D eigenvalue weighted by Crippen LogP contribution is 2.26. The summed E-state index contributed by atoms with van der Waals surface area (Å²) in [5.74, 6) is 0.592. The Hall–Kier alpha value is -0.930. The SMILES string of the molecule is CC(C)C1CCCN1Cc1cc(CNC2CC2)ccc1F. The van der Waals surface area contributed by atoms with E-state index in [4.69, 9.17) is 0 Å². The largest absolute Gasteiger partial charge is 0.310 e. The van der Waals surface area contributed by atoms with Crippen molar-refractivity contribution < 1.29 is 4.39 Å². The zero-order valence-electron chi connectivity index (χ0n) is 13.2. The maximum Gasteiger partial charge on any atom is 0.127 e.